The maximum absolute atomic E-state index is 9.88. The van der Waals surface area contributed by atoms with E-state index in [4.69, 9.17) is 4.74 Å². The molecule has 22 heavy (non-hydrogen) atoms. The summed E-state index contributed by atoms with van der Waals surface area (Å²) in [5, 5.41) is 9.88. The number of nitrogens with zero attached hydrogens (tertiary/aromatic N) is 1. The molecular formula is C19H29NO2. The van der Waals surface area contributed by atoms with Gasteiger partial charge in [-0.2, -0.15) is 0 Å². The van der Waals surface area contributed by atoms with E-state index in [2.05, 4.69) is 38.7 Å². The third-order valence-electron chi connectivity index (χ3n) is 6.59. The number of fused-ring (bicyclic) bond motifs is 4. The van der Waals surface area contributed by atoms with E-state index in [9.17, 15) is 5.11 Å². The maximum Gasteiger partial charge on any atom is 0.115 e. The Morgan fingerprint density at radius 1 is 1.36 bits per heavy atom. The van der Waals surface area contributed by atoms with Crippen LogP contribution in [0.5, 0.6) is 5.75 Å². The topological polar surface area (TPSA) is 32.7 Å². The molecule has 2 aliphatic rings. The third-order valence-corrected chi connectivity index (χ3v) is 6.59. The SMILES string of the molecule is CO[C@H](C)CN1CC[C@@]2(C)c3ccc(O)cc3C[C@@H]1C2(C)C. The number of phenolic OH excluding ortho intramolecular Hbond substituents is 1. The fourth-order valence-corrected chi connectivity index (χ4v) is 4.65. The van der Waals surface area contributed by atoms with Gasteiger partial charge in [0.15, 0.2) is 0 Å². The molecule has 0 saturated carbocycles. The van der Waals surface area contributed by atoms with Gasteiger partial charge in [0.2, 0.25) is 0 Å². The van der Waals surface area contributed by atoms with Crippen molar-refractivity contribution in [3.8, 4) is 5.75 Å². The number of likely N-dealkylation sites (tertiary alicyclic amines) is 1. The molecule has 0 unspecified atom stereocenters. The van der Waals surface area contributed by atoms with Crippen LogP contribution in [0.15, 0.2) is 18.2 Å². The van der Waals surface area contributed by atoms with E-state index in [1.165, 1.54) is 11.1 Å². The monoisotopic (exact) mass is 303 g/mol. The zero-order valence-electron chi connectivity index (χ0n) is 14.5. The summed E-state index contributed by atoms with van der Waals surface area (Å²) in [7, 11) is 1.79. The van der Waals surface area contributed by atoms with Crippen LogP contribution in [0.4, 0.5) is 0 Å². The highest BCUT2D eigenvalue weighted by molar-refractivity contribution is 5.45. The van der Waals surface area contributed by atoms with Gasteiger partial charge >= 0.3 is 0 Å². The van der Waals surface area contributed by atoms with Crippen molar-refractivity contribution in [3.05, 3.63) is 29.3 Å². The zero-order chi connectivity index (χ0) is 16.1. The van der Waals surface area contributed by atoms with Crippen LogP contribution in [0.2, 0.25) is 0 Å². The van der Waals surface area contributed by atoms with Gasteiger partial charge in [0, 0.05) is 25.1 Å². The van der Waals surface area contributed by atoms with Crippen molar-refractivity contribution in [3.63, 3.8) is 0 Å². The highest BCUT2D eigenvalue weighted by Crippen LogP contribution is 2.56. The van der Waals surface area contributed by atoms with Crippen LogP contribution in [0.3, 0.4) is 0 Å². The average molecular weight is 303 g/mol. The fourth-order valence-electron chi connectivity index (χ4n) is 4.65. The van der Waals surface area contributed by atoms with E-state index >= 15 is 0 Å². The first-order valence-corrected chi connectivity index (χ1v) is 8.39. The minimum Gasteiger partial charge on any atom is -0.508 e. The lowest BCUT2D eigenvalue weighted by Gasteiger charge is -2.61. The van der Waals surface area contributed by atoms with Crippen LogP contribution in [0.25, 0.3) is 0 Å². The number of hydrogen-bond donors (Lipinski definition) is 1. The third kappa shape index (κ3) is 2.17. The molecule has 3 rings (SSSR count). The van der Waals surface area contributed by atoms with E-state index in [1.807, 2.05) is 12.1 Å². The molecule has 122 valence electrons. The van der Waals surface area contributed by atoms with Gasteiger partial charge in [0.25, 0.3) is 0 Å². The Kier molecular flexibility index (Phi) is 3.77. The highest BCUT2D eigenvalue weighted by Gasteiger charge is 2.55. The maximum atomic E-state index is 9.88. The van der Waals surface area contributed by atoms with Gasteiger partial charge in [-0.05, 0) is 55.0 Å². The van der Waals surface area contributed by atoms with E-state index in [0.717, 1.165) is 25.9 Å². The Bertz CT molecular complexity index is 569. The van der Waals surface area contributed by atoms with Gasteiger partial charge in [-0.25, -0.2) is 0 Å². The predicted molar refractivity (Wildman–Crippen MR) is 89.4 cm³/mol. The molecule has 1 saturated heterocycles. The summed E-state index contributed by atoms with van der Waals surface area (Å²) in [4.78, 5) is 2.60. The lowest BCUT2D eigenvalue weighted by Crippen LogP contribution is -2.64. The quantitative estimate of drug-likeness (QED) is 0.929. The van der Waals surface area contributed by atoms with Crippen molar-refractivity contribution in [1.29, 1.82) is 0 Å². The van der Waals surface area contributed by atoms with Crippen molar-refractivity contribution in [2.24, 2.45) is 5.41 Å². The second kappa shape index (κ2) is 5.24. The Morgan fingerprint density at radius 3 is 2.77 bits per heavy atom. The number of methoxy groups -OCH3 is 1. The van der Waals surface area contributed by atoms with Crippen molar-refractivity contribution >= 4 is 0 Å². The summed E-state index contributed by atoms with van der Waals surface area (Å²) < 4.78 is 5.49. The van der Waals surface area contributed by atoms with Crippen molar-refractivity contribution in [2.45, 2.75) is 58.1 Å². The smallest absolute Gasteiger partial charge is 0.115 e. The Morgan fingerprint density at radius 2 is 2.09 bits per heavy atom. The number of benzene rings is 1. The van der Waals surface area contributed by atoms with E-state index in [-0.39, 0.29) is 16.9 Å². The second-order valence-corrected chi connectivity index (χ2v) is 7.91. The molecule has 0 radical (unpaired) electrons. The molecule has 0 amide bonds. The minimum atomic E-state index is 0.172. The molecule has 1 aromatic carbocycles. The normalized spacial score (nSPS) is 31.6. The number of phenols is 1. The summed E-state index contributed by atoms with van der Waals surface area (Å²) in [5.41, 5.74) is 3.14. The van der Waals surface area contributed by atoms with Gasteiger partial charge in [-0.15, -0.1) is 0 Å². The molecule has 0 aromatic heterocycles. The molecule has 1 aromatic rings. The first kappa shape index (κ1) is 15.8. The van der Waals surface area contributed by atoms with Crippen molar-refractivity contribution < 1.29 is 9.84 Å². The molecule has 3 nitrogen and oxygen atoms in total. The molecule has 1 aliphatic carbocycles. The zero-order valence-corrected chi connectivity index (χ0v) is 14.5. The number of aromatic hydroxyl groups is 1. The molecule has 1 aliphatic heterocycles. The van der Waals surface area contributed by atoms with Crippen LogP contribution in [0.1, 0.15) is 45.2 Å². The molecule has 2 bridgehead atoms. The van der Waals surface area contributed by atoms with Gasteiger partial charge in [-0.1, -0.05) is 26.8 Å². The molecule has 1 fully saturated rings. The molecule has 0 spiro atoms. The Balaban J connectivity index is 2.02. The number of piperidine rings is 1. The van der Waals surface area contributed by atoms with Gasteiger partial charge < -0.3 is 9.84 Å². The molecule has 3 heteroatoms. The Hall–Kier alpha value is -1.06. The number of rotatable bonds is 3. The molecular weight excluding hydrogens is 274 g/mol. The second-order valence-electron chi connectivity index (χ2n) is 7.91. The number of ether oxygens (including phenoxy) is 1. The van der Waals surface area contributed by atoms with E-state index in [0.29, 0.717) is 11.8 Å². The lowest BCUT2D eigenvalue weighted by atomic mass is 9.51. The Labute approximate surface area is 134 Å². The summed E-state index contributed by atoms with van der Waals surface area (Å²) >= 11 is 0. The average Bonchev–Trinajstić information content (AvgIpc) is 2.45. The van der Waals surface area contributed by atoms with Gasteiger partial charge in [0.1, 0.15) is 5.75 Å². The van der Waals surface area contributed by atoms with Crippen LogP contribution >= 0.6 is 0 Å². The van der Waals surface area contributed by atoms with Crippen LogP contribution in [-0.2, 0) is 16.6 Å². The predicted octanol–water partition coefficient (Wildman–Crippen LogP) is 3.34. The molecule has 3 atom stereocenters. The summed E-state index contributed by atoms with van der Waals surface area (Å²) in [6.45, 7) is 11.5. The molecule has 1 heterocycles. The van der Waals surface area contributed by atoms with Crippen LogP contribution in [0, 0.1) is 5.41 Å². The minimum absolute atomic E-state index is 0.172. The summed E-state index contributed by atoms with van der Waals surface area (Å²) in [6.07, 6.45) is 2.43. The lowest BCUT2D eigenvalue weighted by molar-refractivity contribution is -0.0568. The van der Waals surface area contributed by atoms with Crippen molar-refractivity contribution in [1.82, 2.24) is 4.90 Å². The van der Waals surface area contributed by atoms with Gasteiger partial charge in [0.05, 0.1) is 6.10 Å². The number of hydrogen-bond acceptors (Lipinski definition) is 3. The fraction of sp³-hybridized carbons (Fsp3) is 0.684. The van der Waals surface area contributed by atoms with Gasteiger partial charge in [-0.3, -0.25) is 4.90 Å². The standard InChI is InChI=1S/C19H29NO2/c1-13(22-5)12-20-9-8-19(4)16-7-6-15(21)10-14(16)11-17(20)18(19,2)3/h6-7,10,13,17,21H,8-9,11-12H2,1-5H3/t13-,17-,19+/m1/s1. The first-order valence-electron chi connectivity index (χ1n) is 8.39. The molecule has 1 N–H and O–H groups in total. The summed E-state index contributed by atoms with van der Waals surface area (Å²) in [6, 6.07) is 6.47. The summed E-state index contributed by atoms with van der Waals surface area (Å²) in [5.74, 6) is 0.386. The van der Waals surface area contributed by atoms with Crippen molar-refractivity contribution in [2.75, 3.05) is 20.2 Å². The first-order chi connectivity index (χ1) is 10.3. The van der Waals surface area contributed by atoms with E-state index in [1.54, 1.807) is 7.11 Å². The van der Waals surface area contributed by atoms with Crippen LogP contribution < -0.4 is 0 Å². The largest absolute Gasteiger partial charge is 0.508 e. The van der Waals surface area contributed by atoms with Crippen LogP contribution in [-0.4, -0.2) is 42.4 Å². The highest BCUT2D eigenvalue weighted by atomic mass is 16.5. The van der Waals surface area contributed by atoms with E-state index < -0.39 is 0 Å².